The highest BCUT2D eigenvalue weighted by molar-refractivity contribution is 6.32. The molecule has 0 fully saturated rings. The maximum absolute atomic E-state index is 8.69. The molecule has 2 nitrogen and oxygen atoms in total. The zero-order chi connectivity index (χ0) is 12.3. The predicted octanol–water partition coefficient (Wildman–Crippen LogP) is 4.31. The van der Waals surface area contributed by atoms with Crippen LogP contribution in [-0.4, -0.2) is 0 Å². The molecule has 0 spiro atoms. The van der Waals surface area contributed by atoms with Gasteiger partial charge in [-0.25, -0.2) is 0 Å². The summed E-state index contributed by atoms with van der Waals surface area (Å²) in [4.78, 5) is 0. The standard InChI is InChI=1S/C14H10ClNO/c1-10-2-7-13(15)14(8-10)17-12-5-3-11(9-16)4-6-12/h2-8H,1H3. The number of nitriles is 1. The van der Waals surface area contributed by atoms with E-state index in [-0.39, 0.29) is 0 Å². The molecule has 17 heavy (non-hydrogen) atoms. The van der Waals surface area contributed by atoms with Crippen molar-refractivity contribution < 1.29 is 4.74 Å². The molecule has 0 atom stereocenters. The first-order valence-electron chi connectivity index (χ1n) is 5.13. The van der Waals surface area contributed by atoms with Crippen molar-refractivity contribution >= 4 is 11.6 Å². The first-order valence-corrected chi connectivity index (χ1v) is 5.51. The van der Waals surface area contributed by atoms with E-state index < -0.39 is 0 Å². The van der Waals surface area contributed by atoms with Gasteiger partial charge in [-0.3, -0.25) is 0 Å². The molecule has 0 unspecified atom stereocenters. The van der Waals surface area contributed by atoms with Crippen LogP contribution < -0.4 is 4.74 Å². The zero-order valence-corrected chi connectivity index (χ0v) is 10.0. The average molecular weight is 244 g/mol. The lowest BCUT2D eigenvalue weighted by Gasteiger charge is -2.08. The van der Waals surface area contributed by atoms with Gasteiger partial charge < -0.3 is 4.74 Å². The van der Waals surface area contributed by atoms with Gasteiger partial charge in [-0.2, -0.15) is 5.26 Å². The zero-order valence-electron chi connectivity index (χ0n) is 9.27. The number of benzene rings is 2. The quantitative estimate of drug-likeness (QED) is 0.787. The maximum Gasteiger partial charge on any atom is 0.146 e. The van der Waals surface area contributed by atoms with Gasteiger partial charge in [-0.05, 0) is 48.9 Å². The molecule has 0 aliphatic heterocycles. The Morgan fingerprint density at radius 2 is 1.82 bits per heavy atom. The Bertz CT molecular complexity index is 570. The van der Waals surface area contributed by atoms with Gasteiger partial charge in [-0.15, -0.1) is 0 Å². The summed E-state index contributed by atoms with van der Waals surface area (Å²) in [5, 5.41) is 9.26. The lowest BCUT2D eigenvalue weighted by molar-refractivity contribution is 0.482. The first kappa shape index (κ1) is 11.5. The Labute approximate surface area is 105 Å². The lowest BCUT2D eigenvalue weighted by atomic mass is 10.2. The molecule has 84 valence electrons. The molecule has 0 bridgehead atoms. The number of nitrogens with zero attached hydrogens (tertiary/aromatic N) is 1. The predicted molar refractivity (Wildman–Crippen MR) is 67.4 cm³/mol. The van der Waals surface area contributed by atoms with Gasteiger partial charge in [-0.1, -0.05) is 17.7 Å². The normalized spacial score (nSPS) is 9.71. The molecule has 0 aliphatic carbocycles. The largest absolute Gasteiger partial charge is 0.456 e. The van der Waals surface area contributed by atoms with E-state index in [1.807, 2.05) is 19.1 Å². The lowest BCUT2D eigenvalue weighted by Crippen LogP contribution is -1.86. The fourth-order valence-corrected chi connectivity index (χ4v) is 1.57. The van der Waals surface area contributed by atoms with Crippen LogP contribution in [0, 0.1) is 18.3 Å². The van der Waals surface area contributed by atoms with Gasteiger partial charge >= 0.3 is 0 Å². The van der Waals surface area contributed by atoms with Crippen molar-refractivity contribution in [2.45, 2.75) is 6.92 Å². The molecule has 2 aromatic carbocycles. The monoisotopic (exact) mass is 243 g/mol. The van der Waals surface area contributed by atoms with Crippen LogP contribution in [0.25, 0.3) is 0 Å². The topological polar surface area (TPSA) is 33.0 Å². The van der Waals surface area contributed by atoms with Crippen LogP contribution in [0.1, 0.15) is 11.1 Å². The number of halogens is 1. The molecular formula is C14H10ClNO. The third-order valence-corrected chi connectivity index (χ3v) is 2.61. The van der Waals surface area contributed by atoms with Crippen LogP contribution in [0.15, 0.2) is 42.5 Å². The number of hydrogen-bond donors (Lipinski definition) is 0. The number of aryl methyl sites for hydroxylation is 1. The second-order valence-electron chi connectivity index (χ2n) is 3.67. The Hall–Kier alpha value is -1.98. The summed E-state index contributed by atoms with van der Waals surface area (Å²) in [5.74, 6) is 1.29. The Kier molecular flexibility index (Phi) is 3.32. The molecule has 0 amide bonds. The van der Waals surface area contributed by atoms with E-state index in [1.165, 1.54) is 0 Å². The molecule has 0 saturated heterocycles. The Morgan fingerprint density at radius 3 is 2.47 bits per heavy atom. The van der Waals surface area contributed by atoms with Crippen molar-refractivity contribution in [3.63, 3.8) is 0 Å². The van der Waals surface area contributed by atoms with Gasteiger partial charge in [0.1, 0.15) is 11.5 Å². The fraction of sp³-hybridized carbons (Fsp3) is 0.0714. The summed E-state index contributed by atoms with van der Waals surface area (Å²) in [6, 6.07) is 14.6. The van der Waals surface area contributed by atoms with Crippen molar-refractivity contribution in [2.75, 3.05) is 0 Å². The van der Waals surface area contributed by atoms with Crippen molar-refractivity contribution in [2.24, 2.45) is 0 Å². The molecular weight excluding hydrogens is 234 g/mol. The van der Waals surface area contributed by atoms with Crippen LogP contribution in [0.5, 0.6) is 11.5 Å². The van der Waals surface area contributed by atoms with E-state index in [2.05, 4.69) is 6.07 Å². The van der Waals surface area contributed by atoms with Crippen LogP contribution in [0.2, 0.25) is 5.02 Å². The Morgan fingerprint density at radius 1 is 1.12 bits per heavy atom. The molecule has 0 radical (unpaired) electrons. The van der Waals surface area contributed by atoms with Crippen LogP contribution in [0.4, 0.5) is 0 Å². The molecule has 0 aliphatic rings. The highest BCUT2D eigenvalue weighted by Crippen LogP contribution is 2.30. The third kappa shape index (κ3) is 2.77. The van der Waals surface area contributed by atoms with E-state index in [9.17, 15) is 0 Å². The van der Waals surface area contributed by atoms with Gasteiger partial charge in [0.25, 0.3) is 0 Å². The number of hydrogen-bond acceptors (Lipinski definition) is 2. The molecule has 3 heteroatoms. The van der Waals surface area contributed by atoms with E-state index in [1.54, 1.807) is 30.3 Å². The van der Waals surface area contributed by atoms with Crippen molar-refractivity contribution in [3.05, 3.63) is 58.6 Å². The van der Waals surface area contributed by atoms with Crippen LogP contribution >= 0.6 is 11.6 Å². The smallest absolute Gasteiger partial charge is 0.146 e. The van der Waals surface area contributed by atoms with Crippen LogP contribution in [-0.2, 0) is 0 Å². The summed E-state index contributed by atoms with van der Waals surface area (Å²) in [6.07, 6.45) is 0. The highest BCUT2D eigenvalue weighted by atomic mass is 35.5. The minimum Gasteiger partial charge on any atom is -0.456 e. The van der Waals surface area contributed by atoms with Gasteiger partial charge in [0, 0.05) is 0 Å². The summed E-state index contributed by atoms with van der Waals surface area (Å²) >= 11 is 6.03. The molecule has 2 rings (SSSR count). The summed E-state index contributed by atoms with van der Waals surface area (Å²) in [7, 11) is 0. The average Bonchev–Trinajstić information content (AvgIpc) is 2.35. The summed E-state index contributed by atoms with van der Waals surface area (Å²) in [6.45, 7) is 1.97. The maximum atomic E-state index is 8.69. The van der Waals surface area contributed by atoms with Crippen molar-refractivity contribution in [3.8, 4) is 17.6 Å². The molecule has 0 heterocycles. The molecule has 2 aromatic rings. The van der Waals surface area contributed by atoms with Crippen molar-refractivity contribution in [1.82, 2.24) is 0 Å². The van der Waals surface area contributed by atoms with E-state index in [0.29, 0.717) is 22.1 Å². The first-order chi connectivity index (χ1) is 8.19. The number of rotatable bonds is 2. The minimum atomic E-state index is 0.569. The van der Waals surface area contributed by atoms with E-state index >= 15 is 0 Å². The third-order valence-electron chi connectivity index (χ3n) is 2.30. The molecule has 0 N–H and O–H groups in total. The Balaban J connectivity index is 2.25. The second-order valence-corrected chi connectivity index (χ2v) is 4.08. The highest BCUT2D eigenvalue weighted by Gasteiger charge is 2.03. The van der Waals surface area contributed by atoms with E-state index in [0.717, 1.165) is 5.56 Å². The summed E-state index contributed by atoms with van der Waals surface area (Å²) < 4.78 is 5.65. The van der Waals surface area contributed by atoms with Gasteiger partial charge in [0.2, 0.25) is 0 Å². The van der Waals surface area contributed by atoms with Crippen molar-refractivity contribution in [1.29, 1.82) is 5.26 Å². The van der Waals surface area contributed by atoms with Gasteiger partial charge in [0.05, 0.1) is 16.7 Å². The number of ether oxygens (including phenoxy) is 1. The second kappa shape index (κ2) is 4.90. The molecule has 0 aromatic heterocycles. The van der Waals surface area contributed by atoms with Crippen LogP contribution in [0.3, 0.4) is 0 Å². The minimum absolute atomic E-state index is 0.569. The summed E-state index contributed by atoms with van der Waals surface area (Å²) in [5.41, 5.74) is 1.69. The fourth-order valence-electron chi connectivity index (χ4n) is 1.41. The molecule has 0 saturated carbocycles. The SMILES string of the molecule is Cc1ccc(Cl)c(Oc2ccc(C#N)cc2)c1. The van der Waals surface area contributed by atoms with E-state index in [4.69, 9.17) is 21.6 Å². The van der Waals surface area contributed by atoms with Gasteiger partial charge in [0.15, 0.2) is 0 Å².